The molecule has 0 atom stereocenters. The number of rotatable bonds is 2. The van der Waals surface area contributed by atoms with Gasteiger partial charge in [-0.3, -0.25) is 0 Å². The quantitative estimate of drug-likeness (QED) is 0.838. The standard InChI is InChI=1S/C14H14BNO.C2H3N.C2H6/c1-15-14-8-7-13(9-11(14)10-17-15)16-12-5-3-2-4-6-12;1-2-3;1-2/h2-9,16H,10H2,1H3;1H3;1-2H3. The minimum atomic E-state index is 0.232. The Kier molecular flexibility index (Phi) is 7.81. The molecule has 0 unspecified atom stereocenters. The van der Waals surface area contributed by atoms with Crippen molar-refractivity contribution in [1.82, 2.24) is 0 Å². The van der Waals surface area contributed by atoms with Crippen LogP contribution in [0.1, 0.15) is 26.3 Å². The third kappa shape index (κ3) is 4.94. The van der Waals surface area contributed by atoms with Crippen LogP contribution in [0.4, 0.5) is 11.4 Å². The Morgan fingerprint density at radius 3 is 2.36 bits per heavy atom. The Morgan fingerprint density at radius 2 is 1.73 bits per heavy atom. The molecule has 4 heteroatoms. The van der Waals surface area contributed by atoms with Gasteiger partial charge >= 0.3 is 6.92 Å². The zero-order valence-electron chi connectivity index (χ0n) is 13.8. The van der Waals surface area contributed by atoms with E-state index in [-0.39, 0.29) is 6.92 Å². The van der Waals surface area contributed by atoms with Crippen LogP contribution in [-0.4, -0.2) is 6.92 Å². The maximum atomic E-state index is 7.32. The number of anilines is 2. The largest absolute Gasteiger partial charge is 0.427 e. The summed E-state index contributed by atoms with van der Waals surface area (Å²) >= 11 is 0. The second-order valence-electron chi connectivity index (χ2n) is 4.58. The van der Waals surface area contributed by atoms with Gasteiger partial charge in [-0.05, 0) is 35.3 Å². The number of nitrogens with one attached hydrogen (secondary N) is 1. The third-order valence-corrected chi connectivity index (χ3v) is 3.13. The summed E-state index contributed by atoms with van der Waals surface area (Å²) in [5, 5.41) is 10.7. The van der Waals surface area contributed by atoms with E-state index in [4.69, 9.17) is 9.92 Å². The third-order valence-electron chi connectivity index (χ3n) is 3.13. The van der Waals surface area contributed by atoms with Gasteiger partial charge in [-0.25, -0.2) is 0 Å². The van der Waals surface area contributed by atoms with Crippen LogP contribution in [0.2, 0.25) is 6.82 Å². The highest BCUT2D eigenvalue weighted by molar-refractivity contribution is 6.67. The van der Waals surface area contributed by atoms with Gasteiger partial charge in [0.2, 0.25) is 0 Å². The summed E-state index contributed by atoms with van der Waals surface area (Å²) in [6, 6.07) is 18.4. The minimum absolute atomic E-state index is 0.232. The van der Waals surface area contributed by atoms with Crippen LogP contribution in [0.3, 0.4) is 0 Å². The first-order valence-electron chi connectivity index (χ1n) is 7.62. The molecule has 1 aliphatic heterocycles. The van der Waals surface area contributed by atoms with Gasteiger partial charge in [0.25, 0.3) is 0 Å². The zero-order valence-corrected chi connectivity index (χ0v) is 13.8. The number of fused-ring (bicyclic) bond motifs is 1. The average molecular weight is 294 g/mol. The summed E-state index contributed by atoms with van der Waals surface area (Å²) in [7, 11) is 0. The molecule has 0 aliphatic carbocycles. The fourth-order valence-corrected chi connectivity index (χ4v) is 2.20. The maximum Gasteiger partial charge on any atom is 0.324 e. The molecule has 2 aromatic carbocycles. The lowest BCUT2D eigenvalue weighted by molar-refractivity contribution is 0.334. The molecule has 0 saturated heterocycles. The number of hydrogen-bond donors (Lipinski definition) is 1. The van der Waals surface area contributed by atoms with Gasteiger partial charge in [-0.15, -0.1) is 0 Å². The second kappa shape index (κ2) is 9.65. The molecular formula is C18H23BN2O. The van der Waals surface area contributed by atoms with Crippen LogP contribution in [-0.2, 0) is 11.3 Å². The van der Waals surface area contributed by atoms with Crippen LogP contribution in [0.25, 0.3) is 0 Å². The van der Waals surface area contributed by atoms with Gasteiger partial charge in [0.05, 0.1) is 12.7 Å². The molecule has 1 N–H and O–H groups in total. The summed E-state index contributed by atoms with van der Waals surface area (Å²) in [5.74, 6) is 0. The van der Waals surface area contributed by atoms with Crippen molar-refractivity contribution < 1.29 is 4.65 Å². The van der Waals surface area contributed by atoms with Gasteiger partial charge in [0.15, 0.2) is 0 Å². The van der Waals surface area contributed by atoms with Gasteiger partial charge in [0, 0.05) is 18.3 Å². The molecular weight excluding hydrogens is 271 g/mol. The molecule has 3 rings (SSSR count). The molecule has 0 aromatic heterocycles. The molecule has 0 radical (unpaired) electrons. The highest BCUT2D eigenvalue weighted by atomic mass is 16.4. The van der Waals surface area contributed by atoms with E-state index in [2.05, 4.69) is 42.5 Å². The van der Waals surface area contributed by atoms with Crippen molar-refractivity contribution in [2.24, 2.45) is 0 Å². The fraction of sp³-hybridized carbons (Fsp3) is 0.278. The smallest absolute Gasteiger partial charge is 0.324 e. The monoisotopic (exact) mass is 294 g/mol. The lowest BCUT2D eigenvalue weighted by atomic mass is 9.64. The number of benzene rings is 2. The molecule has 1 heterocycles. The SMILES string of the molecule is CB1OCc2cc(Nc3ccccc3)ccc21.CC.CC#N. The van der Waals surface area contributed by atoms with Crippen molar-refractivity contribution in [3.8, 4) is 6.07 Å². The summed E-state index contributed by atoms with van der Waals surface area (Å²) in [4.78, 5) is 0. The number of hydrogen-bond acceptors (Lipinski definition) is 3. The van der Waals surface area contributed by atoms with E-state index < -0.39 is 0 Å². The number of para-hydroxylation sites is 1. The molecule has 1 aliphatic rings. The molecule has 2 aromatic rings. The molecule has 0 amide bonds. The summed E-state index contributed by atoms with van der Waals surface area (Å²) in [6.07, 6.45) is 0. The van der Waals surface area contributed by atoms with Crippen LogP contribution in [0, 0.1) is 11.3 Å². The average Bonchev–Trinajstić information content (AvgIpc) is 2.92. The normalized spacial score (nSPS) is 11.1. The molecule has 0 fully saturated rings. The first-order valence-corrected chi connectivity index (χ1v) is 7.62. The van der Waals surface area contributed by atoms with Crippen molar-refractivity contribution in [3.05, 3.63) is 54.1 Å². The molecule has 0 saturated carbocycles. The van der Waals surface area contributed by atoms with E-state index >= 15 is 0 Å². The zero-order chi connectivity index (χ0) is 16.4. The highest BCUT2D eigenvalue weighted by Crippen LogP contribution is 2.19. The van der Waals surface area contributed by atoms with Crippen molar-refractivity contribution in [3.63, 3.8) is 0 Å². The van der Waals surface area contributed by atoms with E-state index in [0.29, 0.717) is 0 Å². The first kappa shape index (κ1) is 17.8. The van der Waals surface area contributed by atoms with Crippen LogP contribution >= 0.6 is 0 Å². The van der Waals surface area contributed by atoms with Gasteiger partial charge < -0.3 is 9.97 Å². The Balaban J connectivity index is 0.000000435. The lowest BCUT2D eigenvalue weighted by Gasteiger charge is -2.08. The maximum absolute atomic E-state index is 7.32. The summed E-state index contributed by atoms with van der Waals surface area (Å²) < 4.78 is 5.60. The predicted molar refractivity (Wildman–Crippen MR) is 94.8 cm³/mol. The van der Waals surface area contributed by atoms with Gasteiger partial charge in [0.1, 0.15) is 0 Å². The fourth-order valence-electron chi connectivity index (χ4n) is 2.20. The molecule has 22 heavy (non-hydrogen) atoms. The Bertz CT molecular complexity index is 608. The topological polar surface area (TPSA) is 45.0 Å². The van der Waals surface area contributed by atoms with E-state index in [0.717, 1.165) is 18.0 Å². The van der Waals surface area contributed by atoms with Crippen LogP contribution < -0.4 is 10.8 Å². The summed E-state index contributed by atoms with van der Waals surface area (Å²) in [5.41, 5.74) is 4.83. The van der Waals surface area contributed by atoms with Gasteiger partial charge in [-0.1, -0.05) is 44.9 Å². The summed E-state index contributed by atoms with van der Waals surface area (Å²) in [6.45, 7) is 8.48. The highest BCUT2D eigenvalue weighted by Gasteiger charge is 2.22. The Hall–Kier alpha value is -2.25. The van der Waals surface area contributed by atoms with Crippen molar-refractivity contribution in [2.75, 3.05) is 5.32 Å². The van der Waals surface area contributed by atoms with Crippen LogP contribution in [0.15, 0.2) is 48.5 Å². The minimum Gasteiger partial charge on any atom is -0.427 e. The van der Waals surface area contributed by atoms with E-state index in [9.17, 15) is 0 Å². The molecule has 0 spiro atoms. The lowest BCUT2D eigenvalue weighted by Crippen LogP contribution is -2.23. The predicted octanol–water partition coefficient (Wildman–Crippen LogP) is 4.34. The number of nitriles is 1. The van der Waals surface area contributed by atoms with Crippen molar-refractivity contribution in [1.29, 1.82) is 5.26 Å². The Labute approximate surface area is 134 Å². The Morgan fingerprint density at radius 1 is 1.09 bits per heavy atom. The molecule has 3 nitrogen and oxygen atoms in total. The van der Waals surface area contributed by atoms with E-state index in [1.165, 1.54) is 17.9 Å². The van der Waals surface area contributed by atoms with Crippen molar-refractivity contribution in [2.45, 2.75) is 34.2 Å². The number of nitrogens with zero attached hydrogens (tertiary/aromatic N) is 1. The van der Waals surface area contributed by atoms with Crippen molar-refractivity contribution >= 4 is 23.8 Å². The molecule has 0 bridgehead atoms. The van der Waals surface area contributed by atoms with Crippen LogP contribution in [0.5, 0.6) is 0 Å². The van der Waals surface area contributed by atoms with E-state index in [1.54, 1.807) is 6.07 Å². The molecule has 114 valence electrons. The van der Waals surface area contributed by atoms with E-state index in [1.807, 2.05) is 32.0 Å². The first-order chi connectivity index (χ1) is 10.7. The van der Waals surface area contributed by atoms with Gasteiger partial charge in [-0.2, -0.15) is 5.26 Å². The second-order valence-corrected chi connectivity index (χ2v) is 4.58.